The predicted molar refractivity (Wildman–Crippen MR) is 36.0 cm³/mol. The van der Waals surface area contributed by atoms with Crippen LogP contribution in [-0.2, 0) is 0 Å². The number of furan rings is 1. The summed E-state index contributed by atoms with van der Waals surface area (Å²) in [6.07, 6.45) is 1.66. The van der Waals surface area contributed by atoms with Gasteiger partial charge >= 0.3 is 0 Å². The van der Waals surface area contributed by atoms with Gasteiger partial charge in [-0.1, -0.05) is 5.92 Å². The molecule has 1 nitrogen and oxygen atoms in total. The van der Waals surface area contributed by atoms with E-state index in [1.165, 1.54) is 0 Å². The van der Waals surface area contributed by atoms with Crippen molar-refractivity contribution in [3.63, 3.8) is 0 Å². The standard InChI is InChI=1S/C8H8O/c1-3-4-8-5-7(2)9-6-8/h5-6H,1-2H3. The van der Waals surface area contributed by atoms with Crippen molar-refractivity contribution in [2.24, 2.45) is 0 Å². The number of hydrogen-bond donors (Lipinski definition) is 0. The molecule has 0 aromatic carbocycles. The molecule has 0 spiro atoms. The van der Waals surface area contributed by atoms with Crippen molar-refractivity contribution in [3.8, 4) is 11.8 Å². The maximum Gasteiger partial charge on any atom is 0.106 e. The molecule has 1 heteroatoms. The van der Waals surface area contributed by atoms with E-state index in [1.54, 1.807) is 6.26 Å². The van der Waals surface area contributed by atoms with Gasteiger partial charge in [0, 0.05) is 0 Å². The SMILES string of the molecule is CC#Cc1coc(C)c1. The summed E-state index contributed by atoms with van der Waals surface area (Å²) in [6.45, 7) is 3.71. The molecule has 0 saturated carbocycles. The van der Waals surface area contributed by atoms with Gasteiger partial charge in [0.2, 0.25) is 0 Å². The van der Waals surface area contributed by atoms with Gasteiger partial charge in [0.05, 0.1) is 5.56 Å². The lowest BCUT2D eigenvalue weighted by molar-refractivity contribution is 0.533. The van der Waals surface area contributed by atoms with Gasteiger partial charge in [0.15, 0.2) is 0 Å². The van der Waals surface area contributed by atoms with Crippen LogP contribution in [0.5, 0.6) is 0 Å². The molecule has 1 heterocycles. The van der Waals surface area contributed by atoms with E-state index in [0.29, 0.717) is 0 Å². The Kier molecular flexibility index (Phi) is 1.60. The van der Waals surface area contributed by atoms with E-state index in [1.807, 2.05) is 19.9 Å². The third-order valence-electron chi connectivity index (χ3n) is 1.000. The average molecular weight is 120 g/mol. The molecule has 0 aliphatic carbocycles. The van der Waals surface area contributed by atoms with E-state index >= 15 is 0 Å². The van der Waals surface area contributed by atoms with Crippen molar-refractivity contribution >= 4 is 0 Å². The molecular weight excluding hydrogens is 112 g/mol. The highest BCUT2D eigenvalue weighted by molar-refractivity contribution is 5.31. The van der Waals surface area contributed by atoms with Crippen LogP contribution in [0.3, 0.4) is 0 Å². The summed E-state index contributed by atoms with van der Waals surface area (Å²) in [5.74, 6) is 6.58. The molecule has 0 radical (unpaired) electrons. The Balaban J connectivity index is 2.93. The molecule has 1 rings (SSSR count). The fourth-order valence-corrected chi connectivity index (χ4v) is 0.653. The Labute approximate surface area is 54.7 Å². The number of aryl methyl sites for hydroxylation is 1. The maximum atomic E-state index is 5.01. The first kappa shape index (κ1) is 5.97. The Hall–Kier alpha value is -1.16. The van der Waals surface area contributed by atoms with Gasteiger partial charge in [-0.05, 0) is 19.9 Å². The zero-order chi connectivity index (χ0) is 6.69. The fraction of sp³-hybridized carbons (Fsp3) is 0.250. The second kappa shape index (κ2) is 2.41. The molecule has 0 bridgehead atoms. The molecule has 9 heavy (non-hydrogen) atoms. The molecule has 0 atom stereocenters. The van der Waals surface area contributed by atoms with Crippen molar-refractivity contribution in [3.05, 3.63) is 23.7 Å². The zero-order valence-electron chi connectivity index (χ0n) is 5.56. The molecule has 0 aliphatic heterocycles. The second-order valence-corrected chi connectivity index (χ2v) is 1.82. The summed E-state index contributed by atoms with van der Waals surface area (Å²) in [7, 11) is 0. The molecule has 46 valence electrons. The Morgan fingerprint density at radius 2 is 2.33 bits per heavy atom. The smallest absolute Gasteiger partial charge is 0.106 e. The Bertz CT molecular complexity index is 247. The van der Waals surface area contributed by atoms with E-state index in [-0.39, 0.29) is 0 Å². The second-order valence-electron chi connectivity index (χ2n) is 1.82. The summed E-state index contributed by atoms with van der Waals surface area (Å²) in [4.78, 5) is 0. The molecule has 0 unspecified atom stereocenters. The van der Waals surface area contributed by atoms with Crippen LogP contribution in [0.1, 0.15) is 18.2 Å². The summed E-state index contributed by atoms with van der Waals surface area (Å²) < 4.78 is 5.01. The molecule has 0 aliphatic rings. The first-order valence-corrected chi connectivity index (χ1v) is 2.81. The fourth-order valence-electron chi connectivity index (χ4n) is 0.653. The molecule has 0 saturated heterocycles. The van der Waals surface area contributed by atoms with Crippen LogP contribution >= 0.6 is 0 Å². The van der Waals surface area contributed by atoms with E-state index in [4.69, 9.17) is 4.42 Å². The van der Waals surface area contributed by atoms with Crippen LogP contribution in [0.25, 0.3) is 0 Å². The van der Waals surface area contributed by atoms with Crippen LogP contribution in [0.15, 0.2) is 16.7 Å². The van der Waals surface area contributed by atoms with Gasteiger partial charge in [0.25, 0.3) is 0 Å². The van der Waals surface area contributed by atoms with Gasteiger partial charge < -0.3 is 4.42 Å². The maximum absolute atomic E-state index is 5.01. The lowest BCUT2D eigenvalue weighted by Gasteiger charge is -1.69. The first-order valence-electron chi connectivity index (χ1n) is 2.81. The van der Waals surface area contributed by atoms with Crippen LogP contribution in [0.4, 0.5) is 0 Å². The Morgan fingerprint density at radius 3 is 2.78 bits per heavy atom. The van der Waals surface area contributed by atoms with E-state index < -0.39 is 0 Å². The van der Waals surface area contributed by atoms with Crippen molar-refractivity contribution < 1.29 is 4.42 Å². The number of hydrogen-bond acceptors (Lipinski definition) is 1. The minimum atomic E-state index is 0.910. The van der Waals surface area contributed by atoms with Crippen molar-refractivity contribution in [1.29, 1.82) is 0 Å². The summed E-state index contributed by atoms with van der Waals surface area (Å²) >= 11 is 0. The lowest BCUT2D eigenvalue weighted by Crippen LogP contribution is -1.60. The van der Waals surface area contributed by atoms with Crippen molar-refractivity contribution in [1.82, 2.24) is 0 Å². The lowest BCUT2D eigenvalue weighted by atomic mass is 10.3. The van der Waals surface area contributed by atoms with E-state index in [0.717, 1.165) is 11.3 Å². The van der Waals surface area contributed by atoms with Gasteiger partial charge in [-0.2, -0.15) is 0 Å². The van der Waals surface area contributed by atoms with Crippen molar-refractivity contribution in [2.45, 2.75) is 13.8 Å². The topological polar surface area (TPSA) is 13.1 Å². The zero-order valence-corrected chi connectivity index (χ0v) is 5.56. The first-order chi connectivity index (χ1) is 4.33. The normalized spacial score (nSPS) is 8.22. The number of rotatable bonds is 0. The Morgan fingerprint density at radius 1 is 1.56 bits per heavy atom. The molecule has 1 aromatic heterocycles. The summed E-state index contributed by atoms with van der Waals surface area (Å²) in [5.41, 5.74) is 0.954. The van der Waals surface area contributed by atoms with Crippen LogP contribution in [0, 0.1) is 18.8 Å². The monoisotopic (exact) mass is 120 g/mol. The highest BCUT2D eigenvalue weighted by Crippen LogP contribution is 2.03. The van der Waals surface area contributed by atoms with Crippen LogP contribution in [0.2, 0.25) is 0 Å². The van der Waals surface area contributed by atoms with E-state index in [2.05, 4.69) is 11.8 Å². The highest BCUT2D eigenvalue weighted by Gasteiger charge is 1.89. The minimum absolute atomic E-state index is 0.910. The van der Waals surface area contributed by atoms with Gasteiger partial charge in [-0.15, -0.1) is 5.92 Å². The quantitative estimate of drug-likeness (QED) is 0.477. The molecule has 1 aromatic rings. The van der Waals surface area contributed by atoms with E-state index in [9.17, 15) is 0 Å². The molecule has 0 amide bonds. The van der Waals surface area contributed by atoms with Gasteiger partial charge in [-0.3, -0.25) is 0 Å². The predicted octanol–water partition coefficient (Wildman–Crippen LogP) is 1.96. The highest BCUT2D eigenvalue weighted by atomic mass is 16.3. The van der Waals surface area contributed by atoms with Gasteiger partial charge in [0.1, 0.15) is 12.0 Å². The van der Waals surface area contributed by atoms with Crippen LogP contribution in [-0.4, -0.2) is 0 Å². The van der Waals surface area contributed by atoms with Crippen molar-refractivity contribution in [2.75, 3.05) is 0 Å². The average Bonchev–Trinajstić information content (AvgIpc) is 2.17. The minimum Gasteiger partial charge on any atom is -0.468 e. The third kappa shape index (κ3) is 1.36. The van der Waals surface area contributed by atoms with Gasteiger partial charge in [-0.25, -0.2) is 0 Å². The van der Waals surface area contributed by atoms with Crippen LogP contribution < -0.4 is 0 Å². The molecular formula is C8H8O. The third-order valence-corrected chi connectivity index (χ3v) is 1.000. The largest absolute Gasteiger partial charge is 0.468 e. The summed E-state index contributed by atoms with van der Waals surface area (Å²) in [5, 5.41) is 0. The summed E-state index contributed by atoms with van der Waals surface area (Å²) in [6, 6.07) is 1.91. The molecule has 0 N–H and O–H groups in total. The molecule has 0 fully saturated rings.